The molecule has 0 saturated carbocycles. The number of likely N-dealkylation sites (tertiary alicyclic amines) is 1. The highest BCUT2D eigenvalue weighted by atomic mass is 19.1. The lowest BCUT2D eigenvalue weighted by molar-refractivity contribution is -0.125. The van der Waals surface area contributed by atoms with Crippen molar-refractivity contribution >= 4 is 5.91 Å². The van der Waals surface area contributed by atoms with Gasteiger partial charge in [-0.2, -0.15) is 5.10 Å². The lowest BCUT2D eigenvalue weighted by Gasteiger charge is -2.40. The van der Waals surface area contributed by atoms with E-state index in [1.165, 1.54) is 12.1 Å². The highest BCUT2D eigenvalue weighted by molar-refractivity contribution is 5.81. The van der Waals surface area contributed by atoms with E-state index in [-0.39, 0.29) is 11.9 Å². The normalized spacial score (nSPS) is 19.7. The molecule has 134 valence electrons. The van der Waals surface area contributed by atoms with Gasteiger partial charge in [0.25, 0.3) is 0 Å². The van der Waals surface area contributed by atoms with Crippen LogP contribution in [0.25, 0.3) is 0 Å². The van der Waals surface area contributed by atoms with Gasteiger partial charge in [0.15, 0.2) is 0 Å². The van der Waals surface area contributed by atoms with Crippen LogP contribution in [-0.4, -0.2) is 33.2 Å². The fraction of sp³-hybridized carbons (Fsp3) is 0.474. The number of piperidine rings is 1. The molecule has 25 heavy (non-hydrogen) atoms. The number of carbonyl (C=O) groups is 1. The third kappa shape index (κ3) is 3.90. The maximum Gasteiger partial charge on any atom is 0.239 e. The van der Waals surface area contributed by atoms with E-state index in [9.17, 15) is 9.18 Å². The van der Waals surface area contributed by atoms with E-state index < -0.39 is 11.9 Å². The molecular weight excluding hydrogens is 319 g/mol. The van der Waals surface area contributed by atoms with Gasteiger partial charge in [0.05, 0.1) is 12.2 Å². The van der Waals surface area contributed by atoms with Crippen LogP contribution in [0.1, 0.15) is 42.3 Å². The van der Waals surface area contributed by atoms with Crippen molar-refractivity contribution in [3.05, 3.63) is 53.1 Å². The van der Waals surface area contributed by atoms with Gasteiger partial charge < -0.3 is 5.73 Å². The number of primary amides is 1. The SMILES string of the molecule is Cc1cc(C)n(C[C@H]2CCCCN2[C@H](C(N)=O)c2ccc(F)cc2)n1. The van der Waals surface area contributed by atoms with E-state index in [1.54, 1.807) is 12.1 Å². The number of carbonyl (C=O) groups excluding carboxylic acids is 1. The monoisotopic (exact) mass is 344 g/mol. The molecule has 5 nitrogen and oxygen atoms in total. The van der Waals surface area contributed by atoms with E-state index in [1.807, 2.05) is 18.5 Å². The summed E-state index contributed by atoms with van der Waals surface area (Å²) in [5.41, 5.74) is 8.58. The van der Waals surface area contributed by atoms with Crippen molar-refractivity contribution in [3.8, 4) is 0 Å². The van der Waals surface area contributed by atoms with Crippen LogP contribution in [0, 0.1) is 19.7 Å². The largest absolute Gasteiger partial charge is 0.368 e. The number of rotatable bonds is 5. The Labute approximate surface area is 147 Å². The molecule has 1 fully saturated rings. The number of amides is 1. The van der Waals surface area contributed by atoms with Crippen molar-refractivity contribution in [1.82, 2.24) is 14.7 Å². The number of nitrogens with two attached hydrogens (primary N) is 1. The number of hydrogen-bond donors (Lipinski definition) is 1. The first-order chi connectivity index (χ1) is 12.0. The topological polar surface area (TPSA) is 64.2 Å². The van der Waals surface area contributed by atoms with Crippen LogP contribution in [0.4, 0.5) is 4.39 Å². The summed E-state index contributed by atoms with van der Waals surface area (Å²) < 4.78 is 15.3. The number of nitrogens with zero attached hydrogens (tertiary/aromatic N) is 3. The van der Waals surface area contributed by atoms with Gasteiger partial charge >= 0.3 is 0 Å². The first-order valence-corrected chi connectivity index (χ1v) is 8.77. The minimum atomic E-state index is -0.539. The zero-order valence-corrected chi connectivity index (χ0v) is 14.8. The van der Waals surface area contributed by atoms with Crippen LogP contribution in [0.3, 0.4) is 0 Å². The maximum atomic E-state index is 13.3. The zero-order chi connectivity index (χ0) is 18.0. The van der Waals surface area contributed by atoms with Crippen molar-refractivity contribution in [2.75, 3.05) is 6.54 Å². The van der Waals surface area contributed by atoms with Crippen LogP contribution in [0.15, 0.2) is 30.3 Å². The molecule has 6 heteroatoms. The second-order valence-corrected chi connectivity index (χ2v) is 6.85. The van der Waals surface area contributed by atoms with E-state index >= 15 is 0 Å². The molecule has 0 spiro atoms. The number of halogens is 1. The van der Waals surface area contributed by atoms with Crippen LogP contribution < -0.4 is 5.73 Å². The predicted octanol–water partition coefficient (Wildman–Crippen LogP) is 2.72. The zero-order valence-electron chi connectivity index (χ0n) is 14.8. The summed E-state index contributed by atoms with van der Waals surface area (Å²) in [5.74, 6) is -0.711. The van der Waals surface area contributed by atoms with E-state index in [4.69, 9.17) is 5.73 Å². The first-order valence-electron chi connectivity index (χ1n) is 8.77. The van der Waals surface area contributed by atoms with E-state index in [0.29, 0.717) is 0 Å². The average molecular weight is 344 g/mol. The Kier molecular flexibility index (Phi) is 5.18. The van der Waals surface area contributed by atoms with Gasteiger partial charge in [-0.25, -0.2) is 4.39 Å². The molecule has 2 N–H and O–H groups in total. The lowest BCUT2D eigenvalue weighted by atomic mass is 9.95. The van der Waals surface area contributed by atoms with Gasteiger partial charge in [0.2, 0.25) is 5.91 Å². The molecule has 1 aliphatic heterocycles. The van der Waals surface area contributed by atoms with Gasteiger partial charge in [-0.3, -0.25) is 14.4 Å². The maximum absolute atomic E-state index is 13.3. The molecule has 1 saturated heterocycles. The molecule has 1 amide bonds. The summed E-state index contributed by atoms with van der Waals surface area (Å²) in [7, 11) is 0. The van der Waals surface area contributed by atoms with Crippen LogP contribution in [-0.2, 0) is 11.3 Å². The Bertz CT molecular complexity index is 740. The lowest BCUT2D eigenvalue weighted by Crippen LogP contribution is -2.48. The highest BCUT2D eigenvalue weighted by Crippen LogP contribution is 2.30. The summed E-state index contributed by atoms with van der Waals surface area (Å²) in [6.45, 7) is 5.55. The third-order valence-electron chi connectivity index (χ3n) is 4.95. The van der Waals surface area contributed by atoms with Crippen molar-refractivity contribution < 1.29 is 9.18 Å². The fourth-order valence-electron chi connectivity index (χ4n) is 3.78. The molecule has 2 atom stereocenters. The number of hydrogen-bond acceptors (Lipinski definition) is 3. The van der Waals surface area contributed by atoms with Crippen molar-refractivity contribution in [3.63, 3.8) is 0 Å². The molecule has 1 aromatic carbocycles. The molecule has 2 aromatic rings. The van der Waals surface area contributed by atoms with Crippen LogP contribution in [0.2, 0.25) is 0 Å². The quantitative estimate of drug-likeness (QED) is 0.907. The second kappa shape index (κ2) is 7.35. The van der Waals surface area contributed by atoms with E-state index in [0.717, 1.165) is 49.3 Å². The fourth-order valence-corrected chi connectivity index (χ4v) is 3.78. The predicted molar refractivity (Wildman–Crippen MR) is 94.4 cm³/mol. The molecule has 3 rings (SSSR count). The highest BCUT2D eigenvalue weighted by Gasteiger charge is 2.33. The van der Waals surface area contributed by atoms with Crippen LogP contribution in [0.5, 0.6) is 0 Å². The number of benzene rings is 1. The Hall–Kier alpha value is -2.21. The van der Waals surface area contributed by atoms with E-state index in [2.05, 4.69) is 16.1 Å². The molecular formula is C19H25FN4O. The smallest absolute Gasteiger partial charge is 0.239 e. The van der Waals surface area contributed by atoms with Crippen molar-refractivity contribution in [1.29, 1.82) is 0 Å². The standard InChI is InChI=1S/C19H25FN4O/c1-13-11-14(2)24(22-13)12-17-5-3-4-10-23(17)18(19(21)25)15-6-8-16(20)9-7-15/h6-9,11,17-18H,3-5,10,12H2,1-2H3,(H2,21,25)/t17-,18+/m1/s1. The van der Waals surface area contributed by atoms with Crippen molar-refractivity contribution in [2.45, 2.75) is 51.7 Å². The molecule has 0 radical (unpaired) electrons. The molecule has 1 aliphatic rings. The molecule has 2 heterocycles. The summed E-state index contributed by atoms with van der Waals surface area (Å²) >= 11 is 0. The number of aryl methyl sites for hydroxylation is 2. The molecule has 0 aliphatic carbocycles. The summed E-state index contributed by atoms with van der Waals surface area (Å²) in [6, 6.07) is 7.76. The number of aromatic nitrogens is 2. The third-order valence-corrected chi connectivity index (χ3v) is 4.95. The van der Waals surface area contributed by atoms with Crippen LogP contribution >= 0.6 is 0 Å². The summed E-state index contributed by atoms with van der Waals surface area (Å²) in [6.07, 6.45) is 3.14. The van der Waals surface area contributed by atoms with Gasteiger partial charge in [0, 0.05) is 11.7 Å². The van der Waals surface area contributed by atoms with Gasteiger partial charge in [0.1, 0.15) is 11.9 Å². The van der Waals surface area contributed by atoms with Crippen molar-refractivity contribution in [2.24, 2.45) is 5.73 Å². The van der Waals surface area contributed by atoms with Gasteiger partial charge in [-0.1, -0.05) is 18.6 Å². The minimum Gasteiger partial charge on any atom is -0.368 e. The Morgan fingerprint density at radius 3 is 2.64 bits per heavy atom. The Balaban J connectivity index is 1.88. The molecule has 0 unspecified atom stereocenters. The second-order valence-electron chi connectivity index (χ2n) is 6.85. The first kappa shape index (κ1) is 17.6. The Morgan fingerprint density at radius 1 is 1.32 bits per heavy atom. The molecule has 0 bridgehead atoms. The van der Waals surface area contributed by atoms with Gasteiger partial charge in [-0.15, -0.1) is 0 Å². The minimum absolute atomic E-state index is 0.175. The van der Waals surface area contributed by atoms with Gasteiger partial charge in [-0.05, 0) is 57.0 Å². The summed E-state index contributed by atoms with van der Waals surface area (Å²) in [4.78, 5) is 14.4. The Morgan fingerprint density at radius 2 is 2.04 bits per heavy atom. The summed E-state index contributed by atoms with van der Waals surface area (Å²) in [5, 5.41) is 4.55. The average Bonchev–Trinajstić information content (AvgIpc) is 2.88. The molecule has 1 aromatic heterocycles.